The number of carbonyl (C=O) groups is 1. The number of amides is 1. The molecule has 1 amide bonds. The van der Waals surface area contributed by atoms with Crippen LogP contribution in [-0.2, 0) is 12.0 Å². The van der Waals surface area contributed by atoms with E-state index in [2.05, 4.69) is 5.32 Å². The number of benzene rings is 2. The van der Waals surface area contributed by atoms with Gasteiger partial charge in [0.15, 0.2) is 0 Å². The fourth-order valence-corrected chi connectivity index (χ4v) is 2.91. The van der Waals surface area contributed by atoms with Gasteiger partial charge in [0.2, 0.25) is 0 Å². The summed E-state index contributed by atoms with van der Waals surface area (Å²) < 4.78 is 0. The molecule has 0 unspecified atom stereocenters. The third kappa shape index (κ3) is 2.80. The molecule has 108 valence electrons. The quantitative estimate of drug-likeness (QED) is 0.916. The van der Waals surface area contributed by atoms with Crippen LogP contribution in [0.5, 0.6) is 0 Å². The number of aryl methyl sites for hydroxylation is 1. The largest absolute Gasteiger partial charge is 0.383 e. The minimum absolute atomic E-state index is 0.204. The highest BCUT2D eigenvalue weighted by molar-refractivity contribution is 6.30. The molecule has 0 heterocycles. The van der Waals surface area contributed by atoms with Crippen LogP contribution in [-0.4, -0.2) is 17.6 Å². The van der Waals surface area contributed by atoms with Crippen LogP contribution < -0.4 is 5.32 Å². The maximum absolute atomic E-state index is 12.1. The van der Waals surface area contributed by atoms with Gasteiger partial charge in [0.25, 0.3) is 5.91 Å². The van der Waals surface area contributed by atoms with Gasteiger partial charge in [0.05, 0.1) is 6.54 Å². The zero-order chi connectivity index (χ0) is 14.9. The second kappa shape index (κ2) is 5.51. The maximum Gasteiger partial charge on any atom is 0.251 e. The van der Waals surface area contributed by atoms with Crippen molar-refractivity contribution in [3.63, 3.8) is 0 Å². The molecule has 4 heteroatoms. The van der Waals surface area contributed by atoms with Gasteiger partial charge >= 0.3 is 0 Å². The van der Waals surface area contributed by atoms with Crippen molar-refractivity contribution in [3.8, 4) is 0 Å². The number of hydrogen-bond acceptors (Lipinski definition) is 2. The summed E-state index contributed by atoms with van der Waals surface area (Å²) in [6.45, 7) is 0.214. The number of aliphatic hydroxyl groups is 1. The van der Waals surface area contributed by atoms with E-state index in [1.807, 2.05) is 24.3 Å². The lowest BCUT2D eigenvalue weighted by Gasteiger charge is -2.24. The summed E-state index contributed by atoms with van der Waals surface area (Å²) in [4.78, 5) is 12.1. The van der Waals surface area contributed by atoms with Gasteiger partial charge in [-0.2, -0.15) is 0 Å². The highest BCUT2D eigenvalue weighted by Gasteiger charge is 2.36. The number of halogens is 1. The van der Waals surface area contributed by atoms with E-state index in [9.17, 15) is 9.90 Å². The molecule has 3 nitrogen and oxygen atoms in total. The lowest BCUT2D eigenvalue weighted by atomic mass is 9.96. The van der Waals surface area contributed by atoms with Crippen LogP contribution in [0.2, 0.25) is 5.02 Å². The molecule has 3 rings (SSSR count). The monoisotopic (exact) mass is 301 g/mol. The molecule has 2 N–H and O–H groups in total. The van der Waals surface area contributed by atoms with E-state index in [4.69, 9.17) is 11.6 Å². The molecular weight excluding hydrogens is 286 g/mol. The number of carbonyl (C=O) groups excluding carboxylic acids is 1. The molecule has 0 saturated carbocycles. The van der Waals surface area contributed by atoms with Crippen molar-refractivity contribution in [1.29, 1.82) is 0 Å². The summed E-state index contributed by atoms with van der Waals surface area (Å²) in [7, 11) is 0. The van der Waals surface area contributed by atoms with Gasteiger partial charge in [-0.25, -0.2) is 0 Å². The third-order valence-electron chi connectivity index (χ3n) is 3.97. The van der Waals surface area contributed by atoms with Crippen molar-refractivity contribution in [2.24, 2.45) is 0 Å². The highest BCUT2D eigenvalue weighted by Crippen LogP contribution is 2.36. The normalized spacial score (nSPS) is 20.1. The Balaban J connectivity index is 1.71. The number of rotatable bonds is 3. The van der Waals surface area contributed by atoms with E-state index in [-0.39, 0.29) is 12.5 Å². The first kappa shape index (κ1) is 14.1. The summed E-state index contributed by atoms with van der Waals surface area (Å²) in [5.41, 5.74) is 1.63. The third-order valence-corrected chi connectivity index (χ3v) is 4.23. The van der Waals surface area contributed by atoms with Crippen molar-refractivity contribution in [2.45, 2.75) is 18.4 Å². The zero-order valence-corrected chi connectivity index (χ0v) is 12.2. The molecule has 0 aromatic heterocycles. The van der Waals surface area contributed by atoms with Gasteiger partial charge in [0, 0.05) is 10.6 Å². The van der Waals surface area contributed by atoms with Gasteiger partial charge in [-0.15, -0.1) is 0 Å². The molecule has 0 saturated heterocycles. The van der Waals surface area contributed by atoms with E-state index in [0.29, 0.717) is 17.0 Å². The average molecular weight is 302 g/mol. The van der Waals surface area contributed by atoms with Crippen LogP contribution in [0.25, 0.3) is 0 Å². The average Bonchev–Trinajstić information content (AvgIpc) is 2.84. The smallest absolute Gasteiger partial charge is 0.251 e. The zero-order valence-electron chi connectivity index (χ0n) is 11.5. The standard InChI is InChI=1S/C17H16ClNO2/c18-14-7-5-13(6-8-14)16(20)19-11-17(21)10-9-12-3-1-2-4-15(12)17/h1-8,21H,9-11H2,(H,19,20)/t17-/m1/s1. The summed E-state index contributed by atoms with van der Waals surface area (Å²) in [6.07, 6.45) is 1.47. The van der Waals surface area contributed by atoms with Crippen molar-refractivity contribution in [1.82, 2.24) is 5.32 Å². The second-order valence-electron chi connectivity index (χ2n) is 5.38. The van der Waals surface area contributed by atoms with Gasteiger partial charge < -0.3 is 10.4 Å². The first-order valence-electron chi connectivity index (χ1n) is 6.93. The number of hydrogen-bond donors (Lipinski definition) is 2. The van der Waals surface area contributed by atoms with E-state index in [0.717, 1.165) is 17.5 Å². The molecule has 0 aliphatic heterocycles. The lowest BCUT2D eigenvalue weighted by Crippen LogP contribution is -2.39. The Kier molecular flexibility index (Phi) is 3.70. The Morgan fingerprint density at radius 3 is 2.67 bits per heavy atom. The molecule has 1 atom stereocenters. The predicted molar refractivity (Wildman–Crippen MR) is 82.4 cm³/mol. The highest BCUT2D eigenvalue weighted by atomic mass is 35.5. The Labute approximate surface area is 128 Å². The van der Waals surface area contributed by atoms with Crippen molar-refractivity contribution in [3.05, 3.63) is 70.2 Å². The number of fused-ring (bicyclic) bond motifs is 1. The van der Waals surface area contributed by atoms with Gasteiger partial charge in [-0.05, 0) is 48.2 Å². The molecule has 1 aliphatic carbocycles. The number of nitrogens with one attached hydrogen (secondary N) is 1. The van der Waals surface area contributed by atoms with E-state index < -0.39 is 5.60 Å². The lowest BCUT2D eigenvalue weighted by molar-refractivity contribution is 0.0369. The van der Waals surface area contributed by atoms with Crippen molar-refractivity contribution < 1.29 is 9.90 Å². The first-order valence-corrected chi connectivity index (χ1v) is 7.31. The van der Waals surface area contributed by atoms with Gasteiger partial charge in [-0.3, -0.25) is 4.79 Å². The molecule has 0 bridgehead atoms. The summed E-state index contributed by atoms with van der Waals surface area (Å²) in [5.74, 6) is -0.204. The van der Waals surface area contributed by atoms with E-state index in [1.54, 1.807) is 24.3 Å². The second-order valence-corrected chi connectivity index (χ2v) is 5.81. The molecule has 2 aromatic carbocycles. The van der Waals surface area contributed by atoms with Crippen LogP contribution in [0.1, 0.15) is 27.9 Å². The fraction of sp³-hybridized carbons (Fsp3) is 0.235. The molecule has 21 heavy (non-hydrogen) atoms. The Morgan fingerprint density at radius 2 is 1.90 bits per heavy atom. The summed E-state index contributed by atoms with van der Waals surface area (Å²) in [5, 5.41) is 14.1. The minimum atomic E-state index is -0.974. The Hall–Kier alpha value is -1.84. The van der Waals surface area contributed by atoms with Crippen LogP contribution in [0.15, 0.2) is 48.5 Å². The topological polar surface area (TPSA) is 49.3 Å². The van der Waals surface area contributed by atoms with Crippen molar-refractivity contribution >= 4 is 17.5 Å². The molecule has 1 aliphatic rings. The van der Waals surface area contributed by atoms with Crippen LogP contribution in [0, 0.1) is 0 Å². The molecule has 0 radical (unpaired) electrons. The Bertz CT molecular complexity index is 669. The minimum Gasteiger partial charge on any atom is -0.383 e. The maximum atomic E-state index is 12.1. The summed E-state index contributed by atoms with van der Waals surface area (Å²) >= 11 is 5.80. The van der Waals surface area contributed by atoms with E-state index in [1.165, 1.54) is 0 Å². The van der Waals surface area contributed by atoms with Gasteiger partial charge in [0.1, 0.15) is 5.60 Å². The van der Waals surface area contributed by atoms with Crippen molar-refractivity contribution in [2.75, 3.05) is 6.54 Å². The molecule has 0 spiro atoms. The van der Waals surface area contributed by atoms with Crippen LogP contribution in [0.3, 0.4) is 0 Å². The van der Waals surface area contributed by atoms with Gasteiger partial charge in [-0.1, -0.05) is 35.9 Å². The predicted octanol–water partition coefficient (Wildman–Crippen LogP) is 2.90. The Morgan fingerprint density at radius 1 is 1.19 bits per heavy atom. The molecule has 0 fully saturated rings. The summed E-state index contributed by atoms with van der Waals surface area (Å²) in [6, 6.07) is 14.5. The first-order chi connectivity index (χ1) is 10.1. The molecular formula is C17H16ClNO2. The SMILES string of the molecule is O=C(NC[C@]1(O)CCc2ccccc21)c1ccc(Cl)cc1. The fourth-order valence-electron chi connectivity index (χ4n) is 2.78. The van der Waals surface area contributed by atoms with Crippen LogP contribution >= 0.6 is 11.6 Å². The molecule has 2 aromatic rings. The van der Waals surface area contributed by atoms with Crippen LogP contribution in [0.4, 0.5) is 0 Å². The van der Waals surface area contributed by atoms with E-state index >= 15 is 0 Å².